The number of aromatic nitrogens is 1. The smallest absolute Gasteiger partial charge is 0.130 e. The van der Waals surface area contributed by atoms with Gasteiger partial charge >= 0.3 is 0 Å². The normalized spacial score (nSPS) is 14.4. The van der Waals surface area contributed by atoms with Crippen LogP contribution in [0.25, 0.3) is 0 Å². The van der Waals surface area contributed by atoms with Crippen LogP contribution in [-0.2, 0) is 6.54 Å². The first-order valence-corrected chi connectivity index (χ1v) is 7.67. The van der Waals surface area contributed by atoms with Crippen molar-refractivity contribution in [3.63, 3.8) is 0 Å². The summed E-state index contributed by atoms with van der Waals surface area (Å²) in [6, 6.07) is 12.9. The second-order valence-corrected chi connectivity index (χ2v) is 5.97. The molecule has 3 rings (SSSR count). The number of ether oxygens (including phenoxy) is 1. The number of rotatable bonds is 6. The van der Waals surface area contributed by atoms with E-state index in [1.54, 1.807) is 0 Å². The maximum Gasteiger partial charge on any atom is 0.130 e. The van der Waals surface area contributed by atoms with Gasteiger partial charge < -0.3 is 10.1 Å². The summed E-state index contributed by atoms with van der Waals surface area (Å²) < 4.78 is 5.96. The van der Waals surface area contributed by atoms with E-state index in [4.69, 9.17) is 4.74 Å². The maximum absolute atomic E-state index is 5.96. The van der Waals surface area contributed by atoms with Gasteiger partial charge in [-0.25, -0.2) is 0 Å². The van der Waals surface area contributed by atoms with Crippen LogP contribution in [0, 0.1) is 0 Å². The highest BCUT2D eigenvalue weighted by molar-refractivity contribution is 5.35. The van der Waals surface area contributed by atoms with Crippen LogP contribution >= 0.6 is 0 Å². The molecule has 0 amide bonds. The molecule has 2 aromatic rings. The first-order chi connectivity index (χ1) is 10.2. The topological polar surface area (TPSA) is 34.1 Å². The van der Waals surface area contributed by atoms with Gasteiger partial charge in [0, 0.05) is 24.8 Å². The first kappa shape index (κ1) is 14.1. The highest BCUT2D eigenvalue weighted by Gasteiger charge is 2.20. The molecule has 0 bridgehead atoms. The van der Waals surface area contributed by atoms with E-state index in [0.29, 0.717) is 12.0 Å². The zero-order valence-electron chi connectivity index (χ0n) is 12.7. The largest absolute Gasteiger partial charge is 0.457 e. The molecule has 0 atom stereocenters. The van der Waals surface area contributed by atoms with Gasteiger partial charge in [-0.15, -0.1) is 0 Å². The van der Waals surface area contributed by atoms with Crippen LogP contribution in [0.1, 0.15) is 43.9 Å². The molecular formula is C18H22N2O. The Kier molecular flexibility index (Phi) is 4.20. The molecule has 0 saturated heterocycles. The Morgan fingerprint density at radius 3 is 2.76 bits per heavy atom. The first-order valence-electron chi connectivity index (χ1n) is 7.67. The fraction of sp³-hybridized carbons (Fsp3) is 0.389. The lowest BCUT2D eigenvalue weighted by atomic mass is 10.0. The predicted molar refractivity (Wildman–Crippen MR) is 84.7 cm³/mol. The van der Waals surface area contributed by atoms with Gasteiger partial charge in [0.1, 0.15) is 11.5 Å². The van der Waals surface area contributed by atoms with E-state index in [9.17, 15) is 0 Å². The Bertz CT molecular complexity index is 606. The molecule has 0 radical (unpaired) electrons. The average molecular weight is 282 g/mol. The minimum Gasteiger partial charge on any atom is -0.457 e. The quantitative estimate of drug-likeness (QED) is 0.860. The molecule has 1 aromatic heterocycles. The number of benzene rings is 1. The van der Waals surface area contributed by atoms with Crippen molar-refractivity contribution in [2.24, 2.45) is 0 Å². The van der Waals surface area contributed by atoms with E-state index in [1.807, 2.05) is 30.5 Å². The number of nitrogens with zero attached hydrogens (tertiary/aromatic N) is 1. The molecule has 0 spiro atoms. The monoisotopic (exact) mass is 282 g/mol. The van der Waals surface area contributed by atoms with Crippen LogP contribution in [0.3, 0.4) is 0 Å². The molecular weight excluding hydrogens is 260 g/mol. The minimum atomic E-state index is 0.504. The number of nitrogens with one attached hydrogen (secondary N) is 1. The van der Waals surface area contributed by atoms with E-state index in [-0.39, 0.29) is 0 Å². The molecule has 3 heteroatoms. The average Bonchev–Trinajstić information content (AvgIpc) is 3.30. The molecule has 1 heterocycles. The van der Waals surface area contributed by atoms with Crippen molar-refractivity contribution >= 4 is 0 Å². The van der Waals surface area contributed by atoms with Crippen LogP contribution < -0.4 is 10.1 Å². The fourth-order valence-corrected chi connectivity index (χ4v) is 2.23. The summed E-state index contributed by atoms with van der Waals surface area (Å²) >= 11 is 0. The molecule has 0 aliphatic heterocycles. The Balaban J connectivity index is 1.68. The van der Waals surface area contributed by atoms with Crippen molar-refractivity contribution in [2.75, 3.05) is 0 Å². The lowest BCUT2D eigenvalue weighted by molar-refractivity contribution is 0.479. The summed E-state index contributed by atoms with van der Waals surface area (Å²) in [5, 5.41) is 3.47. The predicted octanol–water partition coefficient (Wildman–Crippen LogP) is 4.25. The van der Waals surface area contributed by atoms with Gasteiger partial charge in [0.25, 0.3) is 0 Å². The van der Waals surface area contributed by atoms with Crippen LogP contribution in [0.5, 0.6) is 11.5 Å². The van der Waals surface area contributed by atoms with Crippen LogP contribution in [0.4, 0.5) is 0 Å². The zero-order chi connectivity index (χ0) is 14.7. The van der Waals surface area contributed by atoms with E-state index in [0.717, 1.165) is 23.7 Å². The van der Waals surface area contributed by atoms with Gasteiger partial charge in [-0.3, -0.25) is 4.98 Å². The molecule has 0 unspecified atom stereocenters. The van der Waals surface area contributed by atoms with Crippen molar-refractivity contribution < 1.29 is 4.74 Å². The number of hydrogen-bond acceptors (Lipinski definition) is 3. The molecule has 1 saturated carbocycles. The molecule has 3 nitrogen and oxygen atoms in total. The van der Waals surface area contributed by atoms with Crippen molar-refractivity contribution in [1.29, 1.82) is 0 Å². The van der Waals surface area contributed by atoms with Crippen molar-refractivity contribution in [1.82, 2.24) is 10.3 Å². The van der Waals surface area contributed by atoms with Crippen LogP contribution in [0.2, 0.25) is 0 Å². The molecule has 110 valence electrons. The highest BCUT2D eigenvalue weighted by Crippen LogP contribution is 2.25. The Morgan fingerprint density at radius 2 is 2.00 bits per heavy atom. The second kappa shape index (κ2) is 6.27. The zero-order valence-corrected chi connectivity index (χ0v) is 12.7. The Labute approximate surface area is 126 Å². The molecule has 1 aliphatic rings. The van der Waals surface area contributed by atoms with Gasteiger partial charge in [0.2, 0.25) is 0 Å². The number of hydrogen-bond donors (Lipinski definition) is 1. The Hall–Kier alpha value is -1.87. The third-order valence-electron chi connectivity index (χ3n) is 3.70. The van der Waals surface area contributed by atoms with Gasteiger partial charge in [-0.1, -0.05) is 26.0 Å². The Morgan fingerprint density at radius 1 is 1.19 bits per heavy atom. The summed E-state index contributed by atoms with van der Waals surface area (Å²) in [5.74, 6) is 2.23. The molecule has 1 fully saturated rings. The SMILES string of the molecule is CC(C)c1cccc(Oc2ccnc(CNC3CC3)c2)c1. The van der Waals surface area contributed by atoms with E-state index >= 15 is 0 Å². The van der Waals surface area contributed by atoms with Crippen LogP contribution in [0.15, 0.2) is 42.6 Å². The summed E-state index contributed by atoms with van der Waals surface area (Å²) in [7, 11) is 0. The standard InChI is InChI=1S/C18H22N2O/c1-13(2)14-4-3-5-17(10-14)21-18-8-9-19-16(11-18)12-20-15-6-7-15/h3-5,8-11,13,15,20H,6-7,12H2,1-2H3. The molecule has 21 heavy (non-hydrogen) atoms. The maximum atomic E-state index is 5.96. The molecule has 1 aliphatic carbocycles. The van der Waals surface area contributed by atoms with Crippen molar-refractivity contribution in [2.45, 2.75) is 45.2 Å². The minimum absolute atomic E-state index is 0.504. The molecule has 1 aromatic carbocycles. The third-order valence-corrected chi connectivity index (χ3v) is 3.70. The van der Waals surface area contributed by atoms with Gasteiger partial charge in [0.05, 0.1) is 5.69 Å². The van der Waals surface area contributed by atoms with E-state index in [2.05, 4.69) is 36.3 Å². The lowest BCUT2D eigenvalue weighted by Gasteiger charge is -2.10. The highest BCUT2D eigenvalue weighted by atomic mass is 16.5. The second-order valence-electron chi connectivity index (χ2n) is 5.97. The fourth-order valence-electron chi connectivity index (χ4n) is 2.23. The summed E-state index contributed by atoms with van der Waals surface area (Å²) in [6.45, 7) is 5.19. The third kappa shape index (κ3) is 4.05. The van der Waals surface area contributed by atoms with Gasteiger partial charge in [-0.2, -0.15) is 0 Å². The van der Waals surface area contributed by atoms with E-state index in [1.165, 1.54) is 18.4 Å². The van der Waals surface area contributed by atoms with E-state index < -0.39 is 0 Å². The van der Waals surface area contributed by atoms with Gasteiger partial charge in [-0.05, 0) is 42.5 Å². The summed E-state index contributed by atoms with van der Waals surface area (Å²) in [6.07, 6.45) is 4.39. The lowest BCUT2D eigenvalue weighted by Crippen LogP contribution is -2.16. The summed E-state index contributed by atoms with van der Waals surface area (Å²) in [4.78, 5) is 4.38. The number of pyridine rings is 1. The van der Waals surface area contributed by atoms with Crippen molar-refractivity contribution in [3.8, 4) is 11.5 Å². The molecule has 1 N–H and O–H groups in total. The summed E-state index contributed by atoms with van der Waals surface area (Å²) in [5.41, 5.74) is 2.32. The van der Waals surface area contributed by atoms with Crippen LogP contribution in [-0.4, -0.2) is 11.0 Å². The van der Waals surface area contributed by atoms with Crippen molar-refractivity contribution in [3.05, 3.63) is 53.9 Å². The van der Waals surface area contributed by atoms with Gasteiger partial charge in [0.15, 0.2) is 0 Å².